The van der Waals surface area contributed by atoms with Crippen LogP contribution < -0.4 is 0 Å². The Hall–Kier alpha value is -1.98. The van der Waals surface area contributed by atoms with Crippen molar-refractivity contribution in [2.24, 2.45) is 5.41 Å². The van der Waals surface area contributed by atoms with Crippen LogP contribution in [0.5, 0.6) is 0 Å². The molecule has 38 heavy (non-hydrogen) atoms. The molecule has 4 fully saturated rings. The van der Waals surface area contributed by atoms with E-state index in [-0.39, 0.29) is 36.0 Å². The lowest BCUT2D eigenvalue weighted by atomic mass is 9.79. The molecular weight excluding hydrogens is 510 g/mol. The summed E-state index contributed by atoms with van der Waals surface area (Å²) in [6, 6.07) is 1.91. The minimum Gasteiger partial charge on any atom is -0.444 e. The number of halogens is 1. The zero-order valence-electron chi connectivity index (χ0n) is 22.9. The second-order valence-electron chi connectivity index (χ2n) is 12.7. The van der Waals surface area contributed by atoms with Crippen molar-refractivity contribution >= 4 is 28.7 Å². The Bertz CT molecular complexity index is 1210. The van der Waals surface area contributed by atoms with Gasteiger partial charge in [0.1, 0.15) is 41.0 Å². The van der Waals surface area contributed by atoms with E-state index in [1.165, 1.54) is 6.33 Å². The molecule has 0 saturated carbocycles. The van der Waals surface area contributed by atoms with Crippen LogP contribution in [0.1, 0.15) is 60.1 Å². The number of carbonyl (C=O) groups excluding carboxylic acids is 1. The minimum absolute atomic E-state index is 0.0865. The van der Waals surface area contributed by atoms with Crippen molar-refractivity contribution < 1.29 is 23.7 Å². The number of fused-ring (bicyclic) bond motifs is 2. The zero-order valence-corrected chi connectivity index (χ0v) is 23.6. The van der Waals surface area contributed by atoms with Gasteiger partial charge in [-0.25, -0.2) is 14.8 Å². The molecule has 208 valence electrons. The number of hydrogen-bond donors (Lipinski definition) is 0. The monoisotopic (exact) mass is 547 g/mol. The molecule has 5 atom stereocenters. The van der Waals surface area contributed by atoms with Crippen molar-refractivity contribution in [2.45, 2.75) is 89.8 Å². The highest BCUT2D eigenvalue weighted by atomic mass is 35.5. The average molecular weight is 548 g/mol. The third-order valence-electron chi connectivity index (χ3n) is 8.13. The fourth-order valence-electron chi connectivity index (χ4n) is 6.65. The molecule has 0 aromatic carbocycles. The lowest BCUT2D eigenvalue weighted by Crippen LogP contribution is -2.49. The highest BCUT2D eigenvalue weighted by molar-refractivity contribution is 6.33. The van der Waals surface area contributed by atoms with Gasteiger partial charge >= 0.3 is 6.09 Å². The molecule has 1 unspecified atom stereocenters. The minimum atomic E-state index is -0.701. The summed E-state index contributed by atoms with van der Waals surface area (Å²) in [5.41, 5.74) is 0.314. The van der Waals surface area contributed by atoms with E-state index in [1.54, 1.807) is 0 Å². The molecule has 4 saturated heterocycles. The average Bonchev–Trinajstić information content (AvgIpc) is 3.57. The van der Waals surface area contributed by atoms with E-state index in [9.17, 15) is 4.79 Å². The van der Waals surface area contributed by atoms with Crippen LogP contribution in [0.25, 0.3) is 11.0 Å². The summed E-state index contributed by atoms with van der Waals surface area (Å²) in [7, 11) is 0. The Kier molecular flexibility index (Phi) is 6.42. The fraction of sp³-hybridized carbons (Fsp3) is 0.741. The Labute approximate surface area is 228 Å². The van der Waals surface area contributed by atoms with Gasteiger partial charge in [-0.1, -0.05) is 11.6 Å². The van der Waals surface area contributed by atoms with Gasteiger partial charge < -0.3 is 33.3 Å². The molecule has 0 bridgehead atoms. The van der Waals surface area contributed by atoms with Crippen molar-refractivity contribution in [3.05, 3.63) is 23.7 Å². The first-order chi connectivity index (χ1) is 17.9. The van der Waals surface area contributed by atoms with Crippen molar-refractivity contribution in [1.82, 2.24) is 24.3 Å². The summed E-state index contributed by atoms with van der Waals surface area (Å²) in [6.45, 7) is 13.8. The number of hydrogen-bond acceptors (Lipinski definition) is 8. The molecule has 0 aliphatic carbocycles. The van der Waals surface area contributed by atoms with Crippen LogP contribution in [-0.2, 0) is 18.9 Å². The van der Waals surface area contributed by atoms with E-state index < -0.39 is 11.4 Å². The first-order valence-electron chi connectivity index (χ1n) is 13.6. The van der Waals surface area contributed by atoms with Crippen LogP contribution >= 0.6 is 11.6 Å². The van der Waals surface area contributed by atoms with Gasteiger partial charge in [-0.3, -0.25) is 0 Å². The number of carbonyl (C=O) groups is 1. The maximum Gasteiger partial charge on any atom is 0.410 e. The predicted octanol–water partition coefficient (Wildman–Crippen LogP) is 4.23. The van der Waals surface area contributed by atoms with Gasteiger partial charge in [-0.15, -0.1) is 0 Å². The lowest BCUT2D eigenvalue weighted by molar-refractivity contribution is -0.198. The van der Waals surface area contributed by atoms with Crippen molar-refractivity contribution in [3.63, 3.8) is 0 Å². The van der Waals surface area contributed by atoms with Crippen molar-refractivity contribution in [2.75, 3.05) is 32.7 Å². The Morgan fingerprint density at radius 3 is 2.74 bits per heavy atom. The Morgan fingerprint density at radius 1 is 1.16 bits per heavy atom. The quantitative estimate of drug-likeness (QED) is 0.527. The molecule has 2 aromatic heterocycles. The number of rotatable bonds is 3. The maximum atomic E-state index is 12.7. The van der Waals surface area contributed by atoms with E-state index in [4.69, 9.17) is 30.5 Å². The molecule has 6 heterocycles. The largest absolute Gasteiger partial charge is 0.444 e. The molecule has 11 heteroatoms. The molecule has 1 amide bonds. The first-order valence-corrected chi connectivity index (χ1v) is 14.0. The van der Waals surface area contributed by atoms with Crippen molar-refractivity contribution in [1.29, 1.82) is 0 Å². The zero-order chi connectivity index (χ0) is 26.9. The van der Waals surface area contributed by atoms with Gasteiger partial charge in [0.05, 0.1) is 5.39 Å². The summed E-state index contributed by atoms with van der Waals surface area (Å²) in [5.74, 6) is -0.701. The van der Waals surface area contributed by atoms with E-state index in [0.717, 1.165) is 57.4 Å². The van der Waals surface area contributed by atoms with E-state index in [1.807, 2.05) is 56.3 Å². The summed E-state index contributed by atoms with van der Waals surface area (Å²) in [4.78, 5) is 25.6. The molecule has 6 rings (SSSR count). The highest BCUT2D eigenvalue weighted by Gasteiger charge is 2.56. The Balaban J connectivity index is 1.17. The van der Waals surface area contributed by atoms with Crippen LogP contribution in [0.2, 0.25) is 5.15 Å². The number of aromatic nitrogens is 3. The number of piperidine rings is 1. The van der Waals surface area contributed by atoms with Gasteiger partial charge in [0.2, 0.25) is 0 Å². The van der Waals surface area contributed by atoms with Crippen LogP contribution in [0, 0.1) is 5.41 Å². The molecule has 4 aliphatic heterocycles. The van der Waals surface area contributed by atoms with Gasteiger partial charge in [-0.05, 0) is 66.5 Å². The third kappa shape index (κ3) is 4.90. The molecular formula is C27H38ClN5O5. The molecule has 1 spiro atoms. The normalized spacial score (nSPS) is 33.4. The molecule has 0 N–H and O–H groups in total. The topological polar surface area (TPSA) is 91.2 Å². The molecule has 10 nitrogen and oxygen atoms in total. The number of nitrogens with zero attached hydrogens (tertiary/aromatic N) is 5. The van der Waals surface area contributed by atoms with E-state index >= 15 is 0 Å². The smallest absolute Gasteiger partial charge is 0.410 e. The first kappa shape index (κ1) is 26.3. The van der Waals surface area contributed by atoms with Gasteiger partial charge in [0, 0.05) is 37.8 Å². The number of ether oxygens (including phenoxy) is 4. The van der Waals surface area contributed by atoms with Crippen LogP contribution in [-0.4, -0.2) is 92.9 Å². The summed E-state index contributed by atoms with van der Waals surface area (Å²) in [5, 5.41) is 1.20. The summed E-state index contributed by atoms with van der Waals surface area (Å²) >= 11 is 6.31. The fourth-order valence-corrected chi connectivity index (χ4v) is 6.84. The van der Waals surface area contributed by atoms with Gasteiger partial charge in [0.15, 0.2) is 12.0 Å². The second-order valence-corrected chi connectivity index (χ2v) is 13.1. The third-order valence-corrected chi connectivity index (χ3v) is 8.43. The SMILES string of the molecule is CC(C)(C)OC(=O)N1CCC2(CCCN(C[C@H]3O[C@@H](n4ccc5c(Cl)ncnc54)[C@@H]4OC(C)(C)O[C@@H]43)C2)C1. The highest BCUT2D eigenvalue weighted by Crippen LogP contribution is 2.45. The molecule has 0 radical (unpaired) electrons. The second kappa shape index (κ2) is 9.30. The van der Waals surface area contributed by atoms with Crippen LogP contribution in [0.4, 0.5) is 4.79 Å². The van der Waals surface area contributed by atoms with Crippen LogP contribution in [0.15, 0.2) is 18.6 Å². The molecule has 2 aromatic rings. The van der Waals surface area contributed by atoms with E-state index in [2.05, 4.69) is 14.9 Å². The lowest BCUT2D eigenvalue weighted by Gasteiger charge is -2.41. The summed E-state index contributed by atoms with van der Waals surface area (Å²) < 4.78 is 27.0. The predicted molar refractivity (Wildman–Crippen MR) is 141 cm³/mol. The standard InChI is InChI=1S/C27H38ClN5O5/c1-25(2,3)38-24(34)32-12-9-27(15-32)8-6-10-31(14-27)13-18-19-20(37-26(4,5)36-19)23(35-18)33-11-7-17-21(28)29-16-30-22(17)33/h7,11,16,18-20,23H,6,8-10,12-15H2,1-5H3/t18-,19-,20-,23-,27?/m1/s1. The Morgan fingerprint density at radius 2 is 1.95 bits per heavy atom. The number of amides is 1. The number of likely N-dealkylation sites (tertiary alicyclic amines) is 2. The molecule has 4 aliphatic rings. The van der Waals surface area contributed by atoms with Gasteiger partial charge in [0.25, 0.3) is 0 Å². The summed E-state index contributed by atoms with van der Waals surface area (Å²) in [6.07, 6.45) is 5.36. The van der Waals surface area contributed by atoms with Gasteiger partial charge in [-0.2, -0.15) is 0 Å². The van der Waals surface area contributed by atoms with Crippen LogP contribution in [0.3, 0.4) is 0 Å². The maximum absolute atomic E-state index is 12.7. The van der Waals surface area contributed by atoms with Crippen molar-refractivity contribution in [3.8, 4) is 0 Å². The van der Waals surface area contributed by atoms with E-state index in [0.29, 0.717) is 10.8 Å².